The number of hydrogen-bond donors (Lipinski definition) is 2. The Balaban J connectivity index is 1.76. The molecule has 0 atom stereocenters. The Kier molecular flexibility index (Phi) is 6.53. The van der Waals surface area contributed by atoms with Crippen LogP contribution in [-0.2, 0) is 6.42 Å². The number of halogens is 1. The summed E-state index contributed by atoms with van der Waals surface area (Å²) in [5.41, 5.74) is 6.54. The molecule has 36 heavy (non-hydrogen) atoms. The largest absolute Gasteiger partial charge is 0.491 e. The molecule has 0 amide bonds. The molecule has 0 fully saturated rings. The minimum Gasteiger partial charge on any atom is -0.491 e. The number of aromatic carboxylic acids is 1. The van der Waals surface area contributed by atoms with Crippen LogP contribution < -0.4 is 4.74 Å². The summed E-state index contributed by atoms with van der Waals surface area (Å²) in [6.07, 6.45) is 0.667. The van der Waals surface area contributed by atoms with E-state index in [1.54, 1.807) is 0 Å². The fraction of sp³-hybridized carbons (Fsp3) is 0.129. The predicted molar refractivity (Wildman–Crippen MR) is 146 cm³/mol. The van der Waals surface area contributed by atoms with Crippen LogP contribution in [0.5, 0.6) is 5.75 Å². The lowest BCUT2D eigenvalue weighted by atomic mass is 9.92. The van der Waals surface area contributed by atoms with Crippen molar-refractivity contribution in [3.05, 3.63) is 113 Å². The smallest absolute Gasteiger partial charge is 0.352 e. The molecule has 0 unspecified atom stereocenters. The number of nitrogens with one attached hydrogen (secondary N) is 1. The van der Waals surface area contributed by atoms with Gasteiger partial charge in [-0.05, 0) is 78.4 Å². The zero-order valence-electron chi connectivity index (χ0n) is 20.1. The molecule has 0 radical (unpaired) electrons. The van der Waals surface area contributed by atoms with Crippen LogP contribution in [0.4, 0.5) is 0 Å². The fourth-order valence-electron chi connectivity index (χ4n) is 4.67. The molecule has 2 N–H and O–H groups in total. The standard InChI is InChI=1S/C31H26ClNO3/c1-19(2)36-26-13-7-11-22(17-26)23-16-24(14-20-8-6-12-25(32)15-20)28-27(18-23)33-30(31(34)35)29(28)21-9-4-3-5-10-21/h3-13,15-19,33H,14H2,1-2H3,(H,34,35). The monoisotopic (exact) mass is 495 g/mol. The number of H-pyrrole nitrogens is 1. The second-order valence-corrected chi connectivity index (χ2v) is 9.54. The topological polar surface area (TPSA) is 62.3 Å². The van der Waals surface area contributed by atoms with Gasteiger partial charge in [-0.2, -0.15) is 0 Å². The van der Waals surface area contributed by atoms with Crippen LogP contribution in [0.2, 0.25) is 5.02 Å². The van der Waals surface area contributed by atoms with Gasteiger partial charge in [0.25, 0.3) is 0 Å². The molecule has 0 bridgehead atoms. The van der Waals surface area contributed by atoms with Gasteiger partial charge in [0.2, 0.25) is 0 Å². The molecule has 1 aromatic heterocycles. The Hall–Kier alpha value is -4.02. The lowest BCUT2D eigenvalue weighted by Crippen LogP contribution is -2.05. The SMILES string of the molecule is CC(C)Oc1cccc(-c2cc(Cc3cccc(Cl)c3)c3c(-c4ccccc4)c(C(=O)O)[nH]c3c2)c1. The van der Waals surface area contributed by atoms with Crippen molar-refractivity contribution in [1.29, 1.82) is 0 Å². The number of carboxylic acids is 1. The van der Waals surface area contributed by atoms with Crippen molar-refractivity contribution in [2.24, 2.45) is 0 Å². The molecule has 0 saturated heterocycles. The quantitative estimate of drug-likeness (QED) is 0.239. The molecule has 4 aromatic carbocycles. The summed E-state index contributed by atoms with van der Waals surface area (Å²) < 4.78 is 5.92. The first kappa shape index (κ1) is 23.7. The van der Waals surface area contributed by atoms with Gasteiger partial charge in [0.1, 0.15) is 11.4 Å². The molecule has 5 heteroatoms. The highest BCUT2D eigenvalue weighted by Crippen LogP contribution is 2.39. The van der Waals surface area contributed by atoms with E-state index in [1.165, 1.54) is 0 Å². The summed E-state index contributed by atoms with van der Waals surface area (Å²) in [4.78, 5) is 15.5. The first-order valence-corrected chi connectivity index (χ1v) is 12.3. The van der Waals surface area contributed by atoms with Crippen molar-refractivity contribution < 1.29 is 14.6 Å². The summed E-state index contributed by atoms with van der Waals surface area (Å²) in [5.74, 6) is -0.200. The minimum atomic E-state index is -0.993. The Morgan fingerprint density at radius 1 is 0.889 bits per heavy atom. The highest BCUT2D eigenvalue weighted by Gasteiger charge is 2.22. The van der Waals surface area contributed by atoms with E-state index in [0.717, 1.165) is 44.5 Å². The van der Waals surface area contributed by atoms with Crippen LogP contribution in [-0.4, -0.2) is 22.2 Å². The minimum absolute atomic E-state index is 0.0658. The van der Waals surface area contributed by atoms with E-state index in [2.05, 4.69) is 11.1 Å². The number of ether oxygens (including phenoxy) is 1. The summed E-state index contributed by atoms with van der Waals surface area (Å²) in [5, 5.41) is 11.7. The van der Waals surface area contributed by atoms with Crippen molar-refractivity contribution in [2.45, 2.75) is 26.4 Å². The average Bonchev–Trinajstić information content (AvgIpc) is 3.25. The molecule has 4 nitrogen and oxygen atoms in total. The van der Waals surface area contributed by atoms with E-state index < -0.39 is 5.97 Å². The lowest BCUT2D eigenvalue weighted by molar-refractivity contribution is 0.0692. The van der Waals surface area contributed by atoms with Crippen LogP contribution >= 0.6 is 11.6 Å². The first-order chi connectivity index (χ1) is 17.4. The summed E-state index contributed by atoms with van der Waals surface area (Å²) >= 11 is 6.29. The van der Waals surface area contributed by atoms with Crippen molar-refractivity contribution in [1.82, 2.24) is 4.98 Å². The van der Waals surface area contributed by atoms with Crippen molar-refractivity contribution in [2.75, 3.05) is 0 Å². The fourth-order valence-corrected chi connectivity index (χ4v) is 4.88. The van der Waals surface area contributed by atoms with Gasteiger partial charge in [-0.25, -0.2) is 4.79 Å². The van der Waals surface area contributed by atoms with E-state index in [9.17, 15) is 9.90 Å². The second kappa shape index (κ2) is 9.92. The van der Waals surface area contributed by atoms with E-state index >= 15 is 0 Å². The summed E-state index contributed by atoms with van der Waals surface area (Å²) in [6, 6.07) is 29.6. The summed E-state index contributed by atoms with van der Waals surface area (Å²) in [7, 11) is 0. The van der Waals surface area contributed by atoms with E-state index in [0.29, 0.717) is 17.0 Å². The predicted octanol–water partition coefficient (Wildman–Crippen LogP) is 8.23. The zero-order chi connectivity index (χ0) is 25.2. The molecule has 180 valence electrons. The number of hydrogen-bond acceptors (Lipinski definition) is 2. The number of aromatic nitrogens is 1. The Morgan fingerprint density at radius 2 is 1.64 bits per heavy atom. The van der Waals surface area contributed by atoms with Gasteiger partial charge >= 0.3 is 5.97 Å². The molecular weight excluding hydrogens is 470 g/mol. The molecule has 0 spiro atoms. The molecule has 5 aromatic rings. The van der Waals surface area contributed by atoms with Crippen LogP contribution in [0, 0.1) is 0 Å². The Morgan fingerprint density at radius 3 is 2.36 bits per heavy atom. The van der Waals surface area contributed by atoms with Gasteiger partial charge < -0.3 is 14.8 Å². The lowest BCUT2D eigenvalue weighted by Gasteiger charge is -2.13. The number of carboxylic acid groups (broad SMARTS) is 1. The van der Waals surface area contributed by atoms with E-state index in [4.69, 9.17) is 16.3 Å². The maximum Gasteiger partial charge on any atom is 0.352 e. The van der Waals surface area contributed by atoms with Gasteiger partial charge in [-0.1, -0.05) is 72.3 Å². The van der Waals surface area contributed by atoms with Crippen molar-refractivity contribution >= 4 is 28.5 Å². The van der Waals surface area contributed by atoms with Gasteiger partial charge in [-0.15, -0.1) is 0 Å². The molecule has 0 aliphatic carbocycles. The average molecular weight is 496 g/mol. The van der Waals surface area contributed by atoms with Crippen LogP contribution in [0.1, 0.15) is 35.5 Å². The maximum atomic E-state index is 12.3. The van der Waals surface area contributed by atoms with Crippen LogP contribution in [0.3, 0.4) is 0 Å². The van der Waals surface area contributed by atoms with Crippen molar-refractivity contribution in [3.8, 4) is 28.0 Å². The van der Waals surface area contributed by atoms with E-state index in [1.807, 2.05) is 98.8 Å². The number of benzene rings is 4. The highest BCUT2D eigenvalue weighted by atomic mass is 35.5. The van der Waals surface area contributed by atoms with Gasteiger partial charge in [0, 0.05) is 21.5 Å². The Labute approximate surface area is 215 Å². The van der Waals surface area contributed by atoms with Crippen LogP contribution in [0.15, 0.2) is 91.0 Å². The summed E-state index contributed by atoms with van der Waals surface area (Å²) in [6.45, 7) is 4.00. The third-order valence-corrected chi connectivity index (χ3v) is 6.31. The third-order valence-electron chi connectivity index (χ3n) is 6.08. The molecule has 0 saturated carbocycles. The molecule has 1 heterocycles. The van der Waals surface area contributed by atoms with Crippen molar-refractivity contribution in [3.63, 3.8) is 0 Å². The normalized spacial score (nSPS) is 11.2. The van der Waals surface area contributed by atoms with Crippen LogP contribution in [0.25, 0.3) is 33.2 Å². The van der Waals surface area contributed by atoms with Gasteiger partial charge in [-0.3, -0.25) is 0 Å². The zero-order valence-corrected chi connectivity index (χ0v) is 20.8. The number of fused-ring (bicyclic) bond motifs is 1. The number of rotatable bonds is 7. The van der Waals surface area contributed by atoms with Gasteiger partial charge in [0.05, 0.1) is 6.10 Å². The Bertz CT molecular complexity index is 1550. The molecule has 0 aliphatic heterocycles. The molecule has 0 aliphatic rings. The second-order valence-electron chi connectivity index (χ2n) is 9.11. The van der Waals surface area contributed by atoms with E-state index in [-0.39, 0.29) is 11.8 Å². The third kappa shape index (κ3) is 4.86. The molecule has 5 rings (SSSR count). The number of aromatic amines is 1. The maximum absolute atomic E-state index is 12.3. The molecular formula is C31H26ClNO3. The van der Waals surface area contributed by atoms with Gasteiger partial charge in [0.15, 0.2) is 0 Å². The highest BCUT2D eigenvalue weighted by molar-refractivity contribution is 6.30. The number of carbonyl (C=O) groups is 1. The first-order valence-electron chi connectivity index (χ1n) is 11.9.